The van der Waals surface area contributed by atoms with Gasteiger partial charge in [0.05, 0.1) is 12.6 Å². The van der Waals surface area contributed by atoms with Gasteiger partial charge in [0, 0.05) is 12.0 Å². The highest BCUT2D eigenvalue weighted by molar-refractivity contribution is 5.28. The normalized spacial score (nSPS) is 12.5. The average molecular weight is 303 g/mol. The van der Waals surface area contributed by atoms with Crippen LogP contribution in [0.25, 0.3) is 0 Å². The number of nitrogens with one attached hydrogen (secondary N) is 1. The molecule has 0 unspecified atom stereocenters. The van der Waals surface area contributed by atoms with Gasteiger partial charge in [-0.2, -0.15) is 4.98 Å². The molecule has 1 aromatic carbocycles. The Morgan fingerprint density at radius 3 is 2.50 bits per heavy atom. The Hall–Kier alpha value is -1.88. The molecule has 5 nitrogen and oxygen atoms in total. The molecule has 0 aliphatic heterocycles. The van der Waals surface area contributed by atoms with Gasteiger partial charge in [0.2, 0.25) is 5.89 Å². The van der Waals surface area contributed by atoms with Crippen molar-refractivity contribution in [3.63, 3.8) is 0 Å². The van der Waals surface area contributed by atoms with Crippen LogP contribution in [0.4, 0.5) is 0 Å². The fourth-order valence-electron chi connectivity index (χ4n) is 1.97. The minimum absolute atomic E-state index is 0.145. The molecule has 2 aromatic rings. The molecule has 0 bridgehead atoms. The molecule has 0 saturated heterocycles. The second-order valence-electron chi connectivity index (χ2n) is 7.00. The molecule has 120 valence electrons. The van der Waals surface area contributed by atoms with Crippen molar-refractivity contribution in [2.24, 2.45) is 0 Å². The maximum absolute atomic E-state index is 5.38. The van der Waals surface area contributed by atoms with Crippen LogP contribution < -0.4 is 10.1 Å². The molecule has 0 radical (unpaired) electrons. The second-order valence-corrected chi connectivity index (χ2v) is 7.00. The Balaban J connectivity index is 2.08. The van der Waals surface area contributed by atoms with Gasteiger partial charge in [0.15, 0.2) is 5.82 Å². The highest BCUT2D eigenvalue weighted by Gasteiger charge is 2.29. The van der Waals surface area contributed by atoms with Crippen LogP contribution in [0.1, 0.15) is 51.9 Å². The van der Waals surface area contributed by atoms with Crippen molar-refractivity contribution < 1.29 is 9.26 Å². The number of hydrogen-bond donors (Lipinski definition) is 1. The van der Waals surface area contributed by atoms with Crippen molar-refractivity contribution >= 4 is 0 Å². The first-order valence-corrected chi connectivity index (χ1v) is 7.45. The Labute approximate surface area is 132 Å². The quantitative estimate of drug-likeness (QED) is 0.917. The SMILES string of the molecule is COc1cccc(CNC(C)(C)c2noc(C(C)(C)C)n2)c1. The molecule has 1 heterocycles. The van der Waals surface area contributed by atoms with Crippen molar-refractivity contribution in [2.45, 2.75) is 52.1 Å². The third-order valence-electron chi connectivity index (χ3n) is 3.50. The van der Waals surface area contributed by atoms with Gasteiger partial charge in [-0.1, -0.05) is 38.1 Å². The molecule has 0 fully saturated rings. The highest BCUT2D eigenvalue weighted by atomic mass is 16.5. The lowest BCUT2D eigenvalue weighted by atomic mass is 9.97. The van der Waals surface area contributed by atoms with Crippen molar-refractivity contribution in [2.75, 3.05) is 7.11 Å². The number of hydrogen-bond acceptors (Lipinski definition) is 5. The summed E-state index contributed by atoms with van der Waals surface area (Å²) in [5.41, 5.74) is 0.622. The van der Waals surface area contributed by atoms with Crippen LogP contribution in [-0.2, 0) is 17.5 Å². The molecular formula is C17H25N3O2. The van der Waals surface area contributed by atoms with Crippen LogP contribution in [-0.4, -0.2) is 17.3 Å². The summed E-state index contributed by atoms with van der Waals surface area (Å²) in [5, 5.41) is 7.59. The molecule has 5 heteroatoms. The van der Waals surface area contributed by atoms with Gasteiger partial charge in [-0.3, -0.25) is 0 Å². The first-order chi connectivity index (χ1) is 10.2. The van der Waals surface area contributed by atoms with E-state index < -0.39 is 0 Å². The van der Waals surface area contributed by atoms with Gasteiger partial charge >= 0.3 is 0 Å². The molecule has 1 N–H and O–H groups in total. The maximum Gasteiger partial charge on any atom is 0.232 e. The first kappa shape index (κ1) is 16.5. The standard InChI is InChI=1S/C17H25N3O2/c1-16(2,3)15-19-14(20-22-15)17(4,5)18-11-12-8-7-9-13(10-12)21-6/h7-10,18H,11H2,1-6H3. The van der Waals surface area contributed by atoms with E-state index in [1.807, 2.05) is 32.0 Å². The number of ether oxygens (including phenoxy) is 1. The minimum atomic E-state index is -0.379. The fraction of sp³-hybridized carbons (Fsp3) is 0.529. The van der Waals surface area contributed by atoms with E-state index in [1.165, 1.54) is 0 Å². The molecule has 22 heavy (non-hydrogen) atoms. The van der Waals surface area contributed by atoms with Crippen molar-refractivity contribution in [1.29, 1.82) is 0 Å². The van der Waals surface area contributed by atoms with E-state index in [2.05, 4.69) is 42.3 Å². The van der Waals surface area contributed by atoms with Gasteiger partial charge in [-0.15, -0.1) is 0 Å². The maximum atomic E-state index is 5.38. The average Bonchev–Trinajstić information content (AvgIpc) is 2.96. The summed E-state index contributed by atoms with van der Waals surface area (Å²) in [4.78, 5) is 4.53. The number of nitrogens with zero attached hydrogens (tertiary/aromatic N) is 2. The minimum Gasteiger partial charge on any atom is -0.497 e. The second kappa shape index (κ2) is 6.08. The molecule has 2 rings (SSSR count). The number of benzene rings is 1. The molecule has 1 aromatic heterocycles. The smallest absolute Gasteiger partial charge is 0.232 e. The van der Waals surface area contributed by atoms with Crippen LogP contribution in [0.3, 0.4) is 0 Å². The largest absolute Gasteiger partial charge is 0.497 e. The van der Waals surface area contributed by atoms with Crippen LogP contribution in [0.5, 0.6) is 5.75 Å². The third kappa shape index (κ3) is 3.85. The number of methoxy groups -OCH3 is 1. The van der Waals surface area contributed by atoms with E-state index >= 15 is 0 Å². The molecule has 0 spiro atoms. The van der Waals surface area contributed by atoms with E-state index in [0.717, 1.165) is 11.3 Å². The van der Waals surface area contributed by atoms with Gasteiger partial charge < -0.3 is 14.6 Å². The molecule has 0 aliphatic carbocycles. The molecule has 0 aliphatic rings. The Bertz CT molecular complexity index is 627. The van der Waals surface area contributed by atoms with E-state index in [4.69, 9.17) is 9.26 Å². The lowest BCUT2D eigenvalue weighted by Crippen LogP contribution is -2.37. The fourth-order valence-corrected chi connectivity index (χ4v) is 1.97. The van der Waals surface area contributed by atoms with E-state index in [-0.39, 0.29) is 11.0 Å². The summed E-state index contributed by atoms with van der Waals surface area (Å²) in [6.07, 6.45) is 0. The topological polar surface area (TPSA) is 60.2 Å². The third-order valence-corrected chi connectivity index (χ3v) is 3.50. The lowest BCUT2D eigenvalue weighted by molar-refractivity contribution is 0.304. The first-order valence-electron chi connectivity index (χ1n) is 7.45. The van der Waals surface area contributed by atoms with Gasteiger partial charge in [0.25, 0.3) is 0 Å². The molecule has 0 atom stereocenters. The summed E-state index contributed by atoms with van der Waals surface area (Å²) in [7, 11) is 1.67. The Morgan fingerprint density at radius 1 is 1.18 bits per heavy atom. The van der Waals surface area contributed by atoms with Gasteiger partial charge in [-0.05, 0) is 31.5 Å². The van der Waals surface area contributed by atoms with Gasteiger partial charge in [-0.25, -0.2) is 0 Å². The van der Waals surface area contributed by atoms with E-state index in [9.17, 15) is 0 Å². The summed E-state index contributed by atoms with van der Waals surface area (Å²) in [6.45, 7) is 11.0. The van der Waals surface area contributed by atoms with Crippen LogP contribution >= 0.6 is 0 Å². The lowest BCUT2D eigenvalue weighted by Gasteiger charge is -2.22. The predicted octanol–water partition coefficient (Wildman–Crippen LogP) is 3.40. The van der Waals surface area contributed by atoms with Gasteiger partial charge in [0.1, 0.15) is 5.75 Å². The van der Waals surface area contributed by atoms with Crippen LogP contribution in [0, 0.1) is 0 Å². The van der Waals surface area contributed by atoms with Crippen molar-refractivity contribution in [3.05, 3.63) is 41.5 Å². The Kier molecular flexibility index (Phi) is 4.56. The molecule has 0 amide bonds. The molecule has 0 saturated carbocycles. The summed E-state index contributed by atoms with van der Waals surface area (Å²) < 4.78 is 10.6. The predicted molar refractivity (Wildman–Crippen MR) is 85.9 cm³/mol. The number of aromatic nitrogens is 2. The zero-order valence-corrected chi connectivity index (χ0v) is 14.2. The molecular weight excluding hydrogens is 278 g/mol. The summed E-state index contributed by atoms with van der Waals surface area (Å²) in [6, 6.07) is 7.99. The van der Waals surface area contributed by atoms with E-state index in [0.29, 0.717) is 18.3 Å². The van der Waals surface area contributed by atoms with E-state index in [1.54, 1.807) is 7.11 Å². The summed E-state index contributed by atoms with van der Waals surface area (Å²) >= 11 is 0. The summed E-state index contributed by atoms with van der Waals surface area (Å²) in [5.74, 6) is 2.17. The van der Waals surface area contributed by atoms with Crippen molar-refractivity contribution in [1.82, 2.24) is 15.5 Å². The zero-order chi connectivity index (χ0) is 16.4. The highest BCUT2D eigenvalue weighted by Crippen LogP contribution is 2.24. The van der Waals surface area contributed by atoms with Crippen LogP contribution in [0.2, 0.25) is 0 Å². The Morgan fingerprint density at radius 2 is 1.91 bits per heavy atom. The zero-order valence-electron chi connectivity index (χ0n) is 14.2. The van der Waals surface area contributed by atoms with Crippen molar-refractivity contribution in [3.8, 4) is 5.75 Å². The monoisotopic (exact) mass is 303 g/mol. The van der Waals surface area contributed by atoms with Crippen LogP contribution in [0.15, 0.2) is 28.8 Å². The number of rotatable bonds is 5.